The van der Waals surface area contributed by atoms with Crippen LogP contribution in [0.3, 0.4) is 0 Å². The molecule has 3 N–H and O–H groups in total. The summed E-state index contributed by atoms with van der Waals surface area (Å²) in [6.45, 7) is 2.39. The average molecular weight is 568 g/mol. The third-order valence-corrected chi connectivity index (χ3v) is 5.88. The minimum atomic E-state index is -1.05. The van der Waals surface area contributed by atoms with E-state index in [0.717, 1.165) is 16.5 Å². The van der Waals surface area contributed by atoms with Gasteiger partial charge in [-0.15, -0.1) is 0 Å². The van der Waals surface area contributed by atoms with E-state index < -0.39 is 36.6 Å². The number of ether oxygens (including phenoxy) is 2. The van der Waals surface area contributed by atoms with E-state index in [0.29, 0.717) is 5.56 Å². The summed E-state index contributed by atoms with van der Waals surface area (Å²) in [7, 11) is 1.47. The molecule has 0 aliphatic rings. The highest BCUT2D eigenvalue weighted by Crippen LogP contribution is 2.19. The van der Waals surface area contributed by atoms with E-state index in [4.69, 9.17) is 26.2 Å². The molecule has 3 rings (SSSR count). The summed E-state index contributed by atoms with van der Waals surface area (Å²) >= 11 is 5.85. The van der Waals surface area contributed by atoms with E-state index in [9.17, 15) is 23.5 Å². The number of likely N-dealkylation sites (N-methyl/N-ethyl adjacent to an activating group) is 1. The van der Waals surface area contributed by atoms with Crippen molar-refractivity contribution in [3.8, 4) is 0 Å². The molecule has 2 aromatic carbocycles. The van der Waals surface area contributed by atoms with Crippen molar-refractivity contribution in [1.29, 1.82) is 0 Å². The Labute approximate surface area is 230 Å². The Hall–Kier alpha value is -3.38. The van der Waals surface area contributed by atoms with Gasteiger partial charge in [-0.3, -0.25) is 9.78 Å². The molecule has 0 bridgehead atoms. The molecule has 0 spiro atoms. The van der Waals surface area contributed by atoms with Gasteiger partial charge in [0, 0.05) is 37.8 Å². The first-order chi connectivity index (χ1) is 18.5. The van der Waals surface area contributed by atoms with Gasteiger partial charge in [-0.2, -0.15) is 0 Å². The number of aliphatic hydroxyl groups is 2. The normalized spacial score (nSPS) is 12.2. The Morgan fingerprint density at radius 3 is 2.56 bits per heavy atom. The van der Waals surface area contributed by atoms with Gasteiger partial charge in [0.1, 0.15) is 24.3 Å². The molecule has 12 heteroatoms. The number of fused-ring (bicyclic) bond motifs is 1. The third-order valence-electron chi connectivity index (χ3n) is 5.46. The summed E-state index contributed by atoms with van der Waals surface area (Å²) in [5.74, 6) is -1.30. The van der Waals surface area contributed by atoms with Crippen LogP contribution < -0.4 is 5.32 Å². The van der Waals surface area contributed by atoms with Crippen molar-refractivity contribution < 1.29 is 38.1 Å². The van der Waals surface area contributed by atoms with Crippen LogP contribution in [0.1, 0.15) is 18.2 Å². The fourth-order valence-corrected chi connectivity index (χ4v) is 3.44. The SMILES string of the molecule is CC(=O)OCC(COCC(O)CO)N(C)C(=O)NCc1cccc(F)c1Cl.Cc1cc2cc(F)ccc2cn1. The topological polar surface area (TPSA) is 121 Å². The van der Waals surface area contributed by atoms with Gasteiger partial charge in [0.15, 0.2) is 0 Å². The van der Waals surface area contributed by atoms with Gasteiger partial charge in [0.2, 0.25) is 0 Å². The van der Waals surface area contributed by atoms with Crippen molar-refractivity contribution in [2.24, 2.45) is 0 Å². The van der Waals surface area contributed by atoms with Gasteiger partial charge in [-0.05, 0) is 48.2 Å². The number of carbonyl (C=O) groups is 2. The Balaban J connectivity index is 0.000000364. The maximum atomic E-state index is 13.4. The predicted molar refractivity (Wildman–Crippen MR) is 142 cm³/mol. The molecule has 2 atom stereocenters. The lowest BCUT2D eigenvalue weighted by Crippen LogP contribution is -2.48. The monoisotopic (exact) mass is 567 g/mol. The molecular formula is C27H32ClF2N3O6. The van der Waals surface area contributed by atoms with Crippen LogP contribution in [0.4, 0.5) is 13.6 Å². The van der Waals surface area contributed by atoms with Crippen LogP contribution >= 0.6 is 11.6 Å². The van der Waals surface area contributed by atoms with Gasteiger partial charge < -0.3 is 29.9 Å². The number of hydrogen-bond acceptors (Lipinski definition) is 7. The van der Waals surface area contributed by atoms with Crippen molar-refractivity contribution in [2.75, 3.05) is 33.5 Å². The van der Waals surface area contributed by atoms with Crippen LogP contribution in [-0.4, -0.2) is 77.7 Å². The lowest BCUT2D eigenvalue weighted by molar-refractivity contribution is -0.143. The fourth-order valence-electron chi connectivity index (χ4n) is 3.25. The number of nitrogens with one attached hydrogen (secondary N) is 1. The van der Waals surface area contributed by atoms with Crippen LogP contribution in [0, 0.1) is 18.6 Å². The Kier molecular flexibility index (Phi) is 13.0. The maximum absolute atomic E-state index is 13.4. The zero-order valence-electron chi connectivity index (χ0n) is 21.9. The number of pyridine rings is 1. The first-order valence-electron chi connectivity index (χ1n) is 12.0. The van der Waals surface area contributed by atoms with E-state index in [1.807, 2.05) is 13.0 Å². The molecule has 0 saturated heterocycles. The summed E-state index contributed by atoms with van der Waals surface area (Å²) in [6, 6.07) is 9.70. The van der Waals surface area contributed by atoms with E-state index in [1.165, 1.54) is 43.1 Å². The minimum absolute atomic E-state index is 0.00410. The molecule has 0 fully saturated rings. The zero-order chi connectivity index (χ0) is 28.9. The molecular weight excluding hydrogens is 536 g/mol. The Bertz CT molecular complexity index is 1210. The number of rotatable bonds is 10. The maximum Gasteiger partial charge on any atom is 0.317 e. The average Bonchev–Trinajstić information content (AvgIpc) is 2.90. The predicted octanol–water partition coefficient (Wildman–Crippen LogP) is 3.60. The van der Waals surface area contributed by atoms with E-state index in [-0.39, 0.29) is 37.2 Å². The second kappa shape index (κ2) is 15.9. The van der Waals surface area contributed by atoms with Gasteiger partial charge >= 0.3 is 12.0 Å². The van der Waals surface area contributed by atoms with Crippen molar-refractivity contribution >= 4 is 34.4 Å². The number of carbonyl (C=O) groups excluding carboxylic acids is 2. The summed E-state index contributed by atoms with van der Waals surface area (Å²) in [6.07, 6.45) is 0.707. The molecule has 0 aliphatic heterocycles. The molecule has 9 nitrogen and oxygen atoms in total. The molecule has 0 aliphatic carbocycles. The summed E-state index contributed by atoms with van der Waals surface area (Å²) in [4.78, 5) is 28.8. The molecule has 2 amide bonds. The fraction of sp³-hybridized carbons (Fsp3) is 0.370. The largest absolute Gasteiger partial charge is 0.464 e. The summed E-state index contributed by atoms with van der Waals surface area (Å²) < 4.78 is 36.4. The first-order valence-corrected chi connectivity index (χ1v) is 12.3. The minimum Gasteiger partial charge on any atom is -0.464 e. The van der Waals surface area contributed by atoms with Gasteiger partial charge in [-0.25, -0.2) is 13.6 Å². The Morgan fingerprint density at radius 2 is 1.87 bits per heavy atom. The summed E-state index contributed by atoms with van der Waals surface area (Å²) in [5, 5.41) is 22.5. The van der Waals surface area contributed by atoms with Crippen LogP contribution in [-0.2, 0) is 20.8 Å². The summed E-state index contributed by atoms with van der Waals surface area (Å²) in [5.41, 5.74) is 1.32. The highest BCUT2D eigenvalue weighted by molar-refractivity contribution is 6.31. The highest BCUT2D eigenvalue weighted by Gasteiger charge is 2.22. The standard InChI is InChI=1S/C17H24ClFN2O6.C10H8FN/c1-11(23)27-9-13(8-26-10-14(24)7-22)21(2)17(25)20-6-12-4-3-5-15(19)16(12)18;1-7-4-9-5-10(11)3-2-8(9)6-12-7/h3-5,13-14,22,24H,6-10H2,1-2H3,(H,20,25);2-6H,1H3. The lowest BCUT2D eigenvalue weighted by atomic mass is 10.1. The molecule has 3 aromatic rings. The van der Waals surface area contributed by atoms with Gasteiger partial charge in [-0.1, -0.05) is 23.7 Å². The molecule has 0 saturated carbocycles. The number of aliphatic hydroxyl groups excluding tert-OH is 2. The van der Waals surface area contributed by atoms with Gasteiger partial charge in [0.25, 0.3) is 0 Å². The highest BCUT2D eigenvalue weighted by atomic mass is 35.5. The number of nitrogens with zero attached hydrogens (tertiary/aromatic N) is 2. The van der Waals surface area contributed by atoms with Crippen molar-refractivity contribution in [2.45, 2.75) is 32.5 Å². The number of esters is 1. The van der Waals surface area contributed by atoms with Crippen LogP contribution in [0.5, 0.6) is 0 Å². The van der Waals surface area contributed by atoms with Gasteiger partial charge in [0.05, 0.1) is 30.9 Å². The molecule has 2 unspecified atom stereocenters. The lowest BCUT2D eigenvalue weighted by Gasteiger charge is -2.28. The molecule has 1 heterocycles. The second-order valence-corrected chi connectivity index (χ2v) is 9.01. The number of halogens is 3. The quantitative estimate of drug-likeness (QED) is 0.320. The number of benzene rings is 2. The number of aromatic nitrogens is 1. The number of amides is 2. The molecule has 1 aromatic heterocycles. The van der Waals surface area contributed by atoms with E-state index in [1.54, 1.807) is 18.3 Å². The zero-order valence-corrected chi connectivity index (χ0v) is 22.6. The van der Waals surface area contributed by atoms with Crippen LogP contribution in [0.15, 0.2) is 48.7 Å². The Morgan fingerprint density at radius 1 is 1.13 bits per heavy atom. The number of hydrogen-bond donors (Lipinski definition) is 3. The molecule has 212 valence electrons. The van der Waals surface area contributed by atoms with Crippen LogP contribution in [0.2, 0.25) is 5.02 Å². The van der Waals surface area contributed by atoms with Crippen LogP contribution in [0.25, 0.3) is 10.8 Å². The number of urea groups is 1. The van der Waals surface area contributed by atoms with Crippen molar-refractivity contribution in [1.82, 2.24) is 15.2 Å². The van der Waals surface area contributed by atoms with Crippen molar-refractivity contribution in [3.05, 3.63) is 76.6 Å². The smallest absolute Gasteiger partial charge is 0.317 e. The molecule has 39 heavy (non-hydrogen) atoms. The van der Waals surface area contributed by atoms with E-state index >= 15 is 0 Å². The third kappa shape index (κ3) is 10.7. The van der Waals surface area contributed by atoms with Crippen molar-refractivity contribution in [3.63, 3.8) is 0 Å². The number of aryl methyl sites for hydroxylation is 1. The molecule has 0 radical (unpaired) electrons. The second-order valence-electron chi connectivity index (χ2n) is 8.63. The first kappa shape index (κ1) is 31.8. The van der Waals surface area contributed by atoms with E-state index in [2.05, 4.69) is 10.3 Å².